The summed E-state index contributed by atoms with van der Waals surface area (Å²) < 4.78 is 17.8. The first-order valence-electron chi connectivity index (χ1n) is 11.3. The highest BCUT2D eigenvalue weighted by atomic mass is 16.7. The molecular weight excluding hydrogens is 364 g/mol. The van der Waals surface area contributed by atoms with Crippen molar-refractivity contribution < 1.29 is 19.3 Å². The lowest BCUT2D eigenvalue weighted by molar-refractivity contribution is -0.135. The third-order valence-electron chi connectivity index (χ3n) is 8.24. The van der Waals surface area contributed by atoms with E-state index in [2.05, 4.69) is 27.7 Å². The zero-order valence-corrected chi connectivity index (χ0v) is 19.2. The summed E-state index contributed by atoms with van der Waals surface area (Å²) in [5.74, 6) is 2.51. The summed E-state index contributed by atoms with van der Waals surface area (Å²) in [6.07, 6.45) is 5.45. The number of aliphatic hydroxyl groups excluding tert-OH is 1. The SMILES string of the molecule is COc1ccc2c(c1C(O)[C@H]1[C@@H](C)CC[C@H]3C(C)(C)CCC[C@]13C)OC(C)(C)O2. The van der Waals surface area contributed by atoms with Gasteiger partial charge in [-0.3, -0.25) is 0 Å². The summed E-state index contributed by atoms with van der Waals surface area (Å²) in [4.78, 5) is 0. The number of methoxy groups -OCH3 is 1. The molecule has 1 aromatic carbocycles. The van der Waals surface area contributed by atoms with Crippen molar-refractivity contribution in [3.05, 3.63) is 17.7 Å². The molecule has 2 fully saturated rings. The molecule has 4 nitrogen and oxygen atoms in total. The average Bonchev–Trinajstić information content (AvgIpc) is 2.93. The van der Waals surface area contributed by atoms with Gasteiger partial charge in [-0.1, -0.05) is 40.5 Å². The molecule has 1 aromatic rings. The highest BCUT2D eigenvalue weighted by Gasteiger charge is 2.56. The molecular formula is C25H38O4. The zero-order chi connectivity index (χ0) is 21.2. The van der Waals surface area contributed by atoms with E-state index in [1.165, 1.54) is 25.7 Å². The van der Waals surface area contributed by atoms with Gasteiger partial charge in [-0.2, -0.15) is 0 Å². The van der Waals surface area contributed by atoms with Crippen molar-refractivity contribution in [2.24, 2.45) is 28.6 Å². The molecule has 0 aromatic heterocycles. The summed E-state index contributed by atoms with van der Waals surface area (Å²) in [6, 6.07) is 3.79. The van der Waals surface area contributed by atoms with Gasteiger partial charge in [0.25, 0.3) is 0 Å². The quantitative estimate of drug-likeness (QED) is 0.662. The average molecular weight is 403 g/mol. The first-order valence-corrected chi connectivity index (χ1v) is 11.3. The van der Waals surface area contributed by atoms with Crippen LogP contribution in [0.25, 0.3) is 0 Å². The van der Waals surface area contributed by atoms with Gasteiger partial charge in [-0.05, 0) is 60.0 Å². The molecule has 4 heteroatoms. The topological polar surface area (TPSA) is 47.9 Å². The molecule has 3 aliphatic rings. The Morgan fingerprint density at radius 2 is 1.79 bits per heavy atom. The largest absolute Gasteiger partial charge is 0.496 e. The number of fused-ring (bicyclic) bond motifs is 2. The maximum absolute atomic E-state index is 11.9. The van der Waals surface area contributed by atoms with Crippen LogP contribution < -0.4 is 14.2 Å². The predicted molar refractivity (Wildman–Crippen MR) is 114 cm³/mol. The van der Waals surface area contributed by atoms with E-state index in [9.17, 15) is 5.11 Å². The van der Waals surface area contributed by atoms with E-state index >= 15 is 0 Å². The van der Waals surface area contributed by atoms with Crippen LogP contribution >= 0.6 is 0 Å². The first-order chi connectivity index (χ1) is 13.5. The first kappa shape index (κ1) is 20.8. The molecule has 2 aliphatic carbocycles. The fourth-order valence-corrected chi connectivity index (χ4v) is 7.13. The molecule has 1 aliphatic heterocycles. The maximum Gasteiger partial charge on any atom is 0.246 e. The van der Waals surface area contributed by atoms with Crippen molar-refractivity contribution in [3.8, 4) is 17.2 Å². The molecule has 1 N–H and O–H groups in total. The summed E-state index contributed by atoms with van der Waals surface area (Å²) in [7, 11) is 1.66. The van der Waals surface area contributed by atoms with Gasteiger partial charge in [-0.25, -0.2) is 0 Å². The Labute approximate surface area is 175 Å². The predicted octanol–water partition coefficient (Wildman–Crippen LogP) is 6.11. The normalized spacial score (nSPS) is 35.7. The molecule has 0 amide bonds. The Balaban J connectivity index is 1.80. The number of hydrogen-bond donors (Lipinski definition) is 1. The molecule has 162 valence electrons. The maximum atomic E-state index is 11.9. The Morgan fingerprint density at radius 1 is 1.07 bits per heavy atom. The van der Waals surface area contributed by atoms with E-state index in [1.54, 1.807) is 7.11 Å². The van der Waals surface area contributed by atoms with Gasteiger partial charge in [0.15, 0.2) is 11.5 Å². The Bertz CT molecular complexity index is 783. The number of hydrogen-bond acceptors (Lipinski definition) is 4. The van der Waals surface area contributed by atoms with Crippen LogP contribution in [0.3, 0.4) is 0 Å². The standard InChI is InChI=1S/C25H38O4/c1-15-9-12-18-23(2,3)13-8-14-25(18,6)20(15)21(26)19-16(27-7)10-11-17-22(19)29-24(4,5)28-17/h10-11,15,18,20-21,26H,8-9,12-14H2,1-7H3/t15-,18-,20+,21?,25-/m0/s1. The van der Waals surface area contributed by atoms with E-state index in [0.29, 0.717) is 34.5 Å². The third-order valence-corrected chi connectivity index (χ3v) is 8.24. The van der Waals surface area contributed by atoms with Gasteiger partial charge < -0.3 is 19.3 Å². The second-order valence-corrected chi connectivity index (χ2v) is 11.0. The monoisotopic (exact) mass is 402 g/mol. The van der Waals surface area contributed by atoms with Crippen LogP contribution in [0.2, 0.25) is 0 Å². The van der Waals surface area contributed by atoms with Crippen LogP contribution in [0.5, 0.6) is 17.2 Å². The zero-order valence-electron chi connectivity index (χ0n) is 19.2. The van der Waals surface area contributed by atoms with Crippen molar-refractivity contribution in [1.82, 2.24) is 0 Å². The summed E-state index contributed by atoms with van der Waals surface area (Å²) >= 11 is 0. The summed E-state index contributed by atoms with van der Waals surface area (Å²) in [6.45, 7) is 13.4. The van der Waals surface area contributed by atoms with Gasteiger partial charge in [0.05, 0.1) is 18.8 Å². The highest BCUT2D eigenvalue weighted by Crippen LogP contribution is 2.64. The van der Waals surface area contributed by atoms with Crippen LogP contribution in [0.15, 0.2) is 12.1 Å². The fraction of sp³-hybridized carbons (Fsp3) is 0.760. The lowest BCUT2D eigenvalue weighted by atomic mass is 9.45. The summed E-state index contributed by atoms with van der Waals surface area (Å²) in [5.41, 5.74) is 1.18. The number of aliphatic hydroxyl groups is 1. The second kappa shape index (κ2) is 6.80. The van der Waals surface area contributed by atoms with Gasteiger partial charge in [0.1, 0.15) is 5.75 Å². The fourth-order valence-electron chi connectivity index (χ4n) is 7.13. The van der Waals surface area contributed by atoms with Gasteiger partial charge >= 0.3 is 0 Å². The van der Waals surface area contributed by atoms with Crippen LogP contribution in [-0.2, 0) is 0 Å². The van der Waals surface area contributed by atoms with Crippen LogP contribution in [0.4, 0.5) is 0 Å². The van der Waals surface area contributed by atoms with Gasteiger partial charge in [0.2, 0.25) is 5.79 Å². The number of benzene rings is 1. The van der Waals surface area contributed by atoms with Gasteiger partial charge in [0, 0.05) is 13.8 Å². The molecule has 5 atom stereocenters. The molecule has 1 unspecified atom stereocenters. The molecule has 2 saturated carbocycles. The Hall–Kier alpha value is -1.42. The van der Waals surface area contributed by atoms with Crippen molar-refractivity contribution in [2.75, 3.05) is 7.11 Å². The highest BCUT2D eigenvalue weighted by molar-refractivity contribution is 5.57. The van der Waals surface area contributed by atoms with E-state index in [-0.39, 0.29) is 11.3 Å². The van der Waals surface area contributed by atoms with E-state index in [0.717, 1.165) is 12.0 Å². The third kappa shape index (κ3) is 3.22. The molecule has 29 heavy (non-hydrogen) atoms. The minimum atomic E-state index is -0.736. The second-order valence-electron chi connectivity index (χ2n) is 11.0. The van der Waals surface area contributed by atoms with Gasteiger partial charge in [-0.15, -0.1) is 0 Å². The summed E-state index contributed by atoms with van der Waals surface area (Å²) in [5, 5.41) is 11.9. The Morgan fingerprint density at radius 3 is 2.48 bits per heavy atom. The lowest BCUT2D eigenvalue weighted by Crippen LogP contribution is -2.52. The lowest BCUT2D eigenvalue weighted by Gasteiger charge is -2.60. The van der Waals surface area contributed by atoms with E-state index in [1.807, 2.05) is 26.0 Å². The molecule has 4 rings (SSSR count). The molecule has 0 bridgehead atoms. The minimum absolute atomic E-state index is 0.0988. The molecule has 0 radical (unpaired) electrons. The number of rotatable bonds is 3. The Kier molecular flexibility index (Phi) is 4.88. The van der Waals surface area contributed by atoms with Crippen LogP contribution in [-0.4, -0.2) is 18.0 Å². The molecule has 1 heterocycles. The smallest absolute Gasteiger partial charge is 0.246 e. The van der Waals surface area contributed by atoms with Crippen LogP contribution in [0.1, 0.15) is 85.3 Å². The van der Waals surface area contributed by atoms with Crippen molar-refractivity contribution in [3.63, 3.8) is 0 Å². The van der Waals surface area contributed by atoms with E-state index < -0.39 is 11.9 Å². The van der Waals surface area contributed by atoms with Crippen molar-refractivity contribution >= 4 is 0 Å². The minimum Gasteiger partial charge on any atom is -0.496 e. The van der Waals surface area contributed by atoms with Crippen molar-refractivity contribution in [2.45, 2.75) is 85.5 Å². The van der Waals surface area contributed by atoms with Crippen LogP contribution in [0, 0.1) is 28.6 Å². The number of ether oxygens (including phenoxy) is 3. The van der Waals surface area contributed by atoms with E-state index in [4.69, 9.17) is 14.2 Å². The molecule has 0 spiro atoms. The van der Waals surface area contributed by atoms with Crippen molar-refractivity contribution in [1.29, 1.82) is 0 Å². The molecule has 0 saturated heterocycles.